The Morgan fingerprint density at radius 1 is 0.671 bits per heavy atom. The van der Waals surface area contributed by atoms with Crippen LogP contribution in [0.4, 0.5) is 0 Å². The second-order valence-electron chi connectivity index (χ2n) is 26.8. The van der Waals surface area contributed by atoms with Crippen LogP contribution in [-0.4, -0.2) is 84.2 Å². The molecule has 2 heterocycles. The van der Waals surface area contributed by atoms with Crippen LogP contribution < -0.4 is 0 Å². The second kappa shape index (κ2) is 38.2. The first-order chi connectivity index (χ1) is 38.9. The van der Waals surface area contributed by atoms with Gasteiger partial charge in [-0.1, -0.05) is 186 Å². The molecule has 82 heavy (non-hydrogen) atoms. The monoisotopic (exact) mass is 1170 g/mol. The largest absolute Gasteiger partial charge is 0.417 e. The first-order valence-electron chi connectivity index (χ1n) is 32.0. The van der Waals surface area contributed by atoms with Gasteiger partial charge in [-0.25, -0.2) is 0 Å². The Hall–Kier alpha value is -3.08. The Balaban J connectivity index is 0.000000481. The van der Waals surface area contributed by atoms with Crippen molar-refractivity contribution >= 4 is 22.4 Å². The molecule has 2 aliphatic rings. The topological polar surface area (TPSA) is 102 Å². The van der Waals surface area contributed by atoms with E-state index in [9.17, 15) is 9.90 Å². The molecule has 0 bridgehead atoms. The molecule has 3 aromatic carbocycles. The van der Waals surface area contributed by atoms with Crippen LogP contribution in [0.25, 0.3) is 0 Å². The Morgan fingerprint density at radius 2 is 1.22 bits per heavy atom. The van der Waals surface area contributed by atoms with Gasteiger partial charge in [0, 0.05) is 45.2 Å². The van der Waals surface area contributed by atoms with Crippen molar-refractivity contribution in [1.82, 2.24) is 0 Å². The zero-order valence-electron chi connectivity index (χ0n) is 54.7. The number of aliphatic hydroxyl groups is 1. The molecule has 9 nitrogen and oxygen atoms in total. The molecule has 2 fully saturated rings. The van der Waals surface area contributed by atoms with Gasteiger partial charge in [-0.2, -0.15) is 0 Å². The SMILES string of the molecule is CC.CC1CC[C@]2(CCC[C@@H](CC[C@H](C)CO)O2)O[C@@H]1CCCO[Si](C)(C)C(C)(C)C.C[C@@H](CC[C@H](C/C=C/C(=O)/C=C/[C@H](C)[C@@H](CCCO[Si](C)(C)C(C)(C)C)OCc1ccccc1)OCc1ccccc1)COCc1ccccc1. The van der Waals surface area contributed by atoms with Crippen molar-refractivity contribution in [3.63, 3.8) is 0 Å². The minimum atomic E-state index is -1.80. The first-order valence-corrected chi connectivity index (χ1v) is 37.8. The molecule has 11 heteroatoms. The molecule has 2 saturated heterocycles. The minimum absolute atomic E-state index is 0.0121. The van der Waals surface area contributed by atoms with E-state index in [1.165, 1.54) is 18.4 Å². The predicted octanol–water partition coefficient (Wildman–Crippen LogP) is 18.6. The Morgan fingerprint density at radius 3 is 1.78 bits per heavy atom. The number of aliphatic hydroxyl groups excluding tert-OH is 1. The summed E-state index contributed by atoms with van der Waals surface area (Å²) >= 11 is 0. The molecule has 1 spiro atoms. The highest BCUT2D eigenvalue weighted by molar-refractivity contribution is 6.74. The van der Waals surface area contributed by atoms with Gasteiger partial charge in [0.25, 0.3) is 0 Å². The van der Waals surface area contributed by atoms with E-state index < -0.39 is 16.6 Å². The van der Waals surface area contributed by atoms with Crippen LogP contribution in [0, 0.1) is 23.7 Å². The summed E-state index contributed by atoms with van der Waals surface area (Å²) in [5.41, 5.74) is 3.48. The number of ether oxygens (including phenoxy) is 5. The summed E-state index contributed by atoms with van der Waals surface area (Å²) < 4.78 is 44.8. The average Bonchev–Trinajstić information content (AvgIpc) is 3.66. The van der Waals surface area contributed by atoms with Gasteiger partial charge in [-0.3, -0.25) is 4.79 Å². The molecule has 0 saturated carbocycles. The molecule has 2 aliphatic heterocycles. The molecule has 0 aromatic heterocycles. The van der Waals surface area contributed by atoms with Gasteiger partial charge in [-0.15, -0.1) is 0 Å². The fraction of sp³-hybridized carbons (Fsp3) is 0.676. The summed E-state index contributed by atoms with van der Waals surface area (Å²) in [6, 6.07) is 30.8. The van der Waals surface area contributed by atoms with E-state index in [4.69, 9.17) is 32.5 Å². The van der Waals surface area contributed by atoms with Crippen LogP contribution in [-0.2, 0) is 57.2 Å². The number of hydrogen-bond acceptors (Lipinski definition) is 9. The van der Waals surface area contributed by atoms with E-state index in [-0.39, 0.29) is 58.6 Å². The van der Waals surface area contributed by atoms with E-state index in [1.807, 2.05) is 80.6 Å². The summed E-state index contributed by atoms with van der Waals surface area (Å²) in [6.45, 7) is 40.0. The maximum Gasteiger partial charge on any atom is 0.191 e. The summed E-state index contributed by atoms with van der Waals surface area (Å²) in [7, 11) is -3.46. The fourth-order valence-corrected chi connectivity index (χ4v) is 11.9. The van der Waals surface area contributed by atoms with Crippen LogP contribution in [0.2, 0.25) is 36.3 Å². The maximum atomic E-state index is 13.0. The molecular formula is C71H118O9Si2. The van der Waals surface area contributed by atoms with Gasteiger partial charge >= 0.3 is 0 Å². The van der Waals surface area contributed by atoms with Crippen LogP contribution in [0.15, 0.2) is 115 Å². The number of hydrogen-bond donors (Lipinski definition) is 1. The molecule has 1 unspecified atom stereocenters. The summed E-state index contributed by atoms with van der Waals surface area (Å²) in [4.78, 5) is 13.0. The van der Waals surface area contributed by atoms with Crippen molar-refractivity contribution in [2.24, 2.45) is 23.7 Å². The molecule has 3 aromatic rings. The molecule has 1 N–H and O–H groups in total. The molecule has 0 amide bonds. The standard InChI is InChI=1S/C45H64O5Si.C24H48O4Si.C2H6/c1-37(33-47-34-39-19-11-8-12-20-39)28-31-43(48-35-40-21-13-9-14-22-40)26-17-25-42(46)30-29-38(2)44(49-36-41-23-15-10-16-24-41)27-18-32-50-51(6,7)45(3,4)5;1-19(18-25)12-13-21-10-8-15-24(27-21)16-14-20(2)22(28-24)11-9-17-26-29(6,7)23(3,4)5;1-2/h8-17,19-25,29-30,37-38,43-44H,18,26-28,31-36H2,1-7H3;19-22,25H,8-18H2,1-7H3;1-2H3/b25-17+,30-29+;;/t37-,38-,43-,44+;19-,20?,21-,22+,24-;/m00./s1. The van der Waals surface area contributed by atoms with Gasteiger partial charge < -0.3 is 37.6 Å². The van der Waals surface area contributed by atoms with E-state index >= 15 is 0 Å². The van der Waals surface area contributed by atoms with E-state index in [0.717, 1.165) is 95.0 Å². The van der Waals surface area contributed by atoms with E-state index in [1.54, 1.807) is 12.2 Å². The fourth-order valence-electron chi connectivity index (χ4n) is 9.74. The lowest BCUT2D eigenvalue weighted by Crippen LogP contribution is -2.50. The lowest BCUT2D eigenvalue weighted by atomic mass is 9.85. The molecule has 0 radical (unpaired) electrons. The number of allylic oxidation sites excluding steroid dienone is 2. The average molecular weight is 1170 g/mol. The van der Waals surface area contributed by atoms with Gasteiger partial charge in [0.15, 0.2) is 28.2 Å². The smallest absolute Gasteiger partial charge is 0.191 e. The van der Waals surface area contributed by atoms with Crippen molar-refractivity contribution < 1.29 is 42.4 Å². The zero-order valence-corrected chi connectivity index (χ0v) is 56.7. The second-order valence-corrected chi connectivity index (χ2v) is 36.4. The van der Waals surface area contributed by atoms with Crippen LogP contribution in [0.3, 0.4) is 0 Å². The van der Waals surface area contributed by atoms with Crippen molar-refractivity contribution in [2.45, 2.75) is 259 Å². The highest BCUT2D eigenvalue weighted by Gasteiger charge is 2.45. The van der Waals surface area contributed by atoms with E-state index in [2.05, 4.69) is 132 Å². The number of carbonyl (C=O) groups is 1. The quantitative estimate of drug-likeness (QED) is 0.0363. The Kier molecular flexibility index (Phi) is 34.1. The van der Waals surface area contributed by atoms with Crippen molar-refractivity contribution in [2.75, 3.05) is 26.4 Å². The van der Waals surface area contributed by atoms with Crippen molar-refractivity contribution in [3.8, 4) is 0 Å². The summed E-state index contributed by atoms with van der Waals surface area (Å²) in [5.74, 6) is 1.05. The lowest BCUT2D eigenvalue weighted by Gasteiger charge is -2.48. The summed E-state index contributed by atoms with van der Waals surface area (Å²) in [5, 5.41) is 9.75. The summed E-state index contributed by atoms with van der Waals surface area (Å²) in [6.07, 6.45) is 22.0. The molecule has 0 aliphatic carbocycles. The van der Waals surface area contributed by atoms with E-state index in [0.29, 0.717) is 50.6 Å². The van der Waals surface area contributed by atoms with Crippen LogP contribution >= 0.6 is 0 Å². The Bertz CT molecular complexity index is 2170. The van der Waals surface area contributed by atoms with Gasteiger partial charge in [0.2, 0.25) is 0 Å². The third-order valence-electron chi connectivity index (χ3n) is 17.5. The van der Waals surface area contributed by atoms with Crippen molar-refractivity contribution in [3.05, 3.63) is 132 Å². The lowest BCUT2D eigenvalue weighted by molar-refractivity contribution is -0.324. The number of rotatable bonds is 33. The predicted molar refractivity (Wildman–Crippen MR) is 348 cm³/mol. The molecule has 464 valence electrons. The maximum absolute atomic E-state index is 13.0. The number of ketones is 1. The molecular weight excluding hydrogens is 1050 g/mol. The Labute approximate surface area is 503 Å². The van der Waals surface area contributed by atoms with Crippen molar-refractivity contribution in [1.29, 1.82) is 0 Å². The minimum Gasteiger partial charge on any atom is -0.417 e. The number of carbonyl (C=O) groups excluding carboxylic acids is 1. The molecule has 5 rings (SSSR count). The third-order valence-corrected chi connectivity index (χ3v) is 26.6. The van der Waals surface area contributed by atoms with Crippen LogP contribution in [0.5, 0.6) is 0 Å². The van der Waals surface area contributed by atoms with Crippen LogP contribution in [0.1, 0.15) is 190 Å². The highest BCUT2D eigenvalue weighted by atomic mass is 28.4. The zero-order chi connectivity index (χ0) is 60.7. The number of benzene rings is 3. The van der Waals surface area contributed by atoms with Gasteiger partial charge in [-0.05, 0) is 160 Å². The third kappa shape index (κ3) is 28.4. The molecule has 9 atom stereocenters. The first kappa shape index (κ1) is 73.2. The normalized spacial score (nSPS) is 20.8. The van der Waals surface area contributed by atoms with Gasteiger partial charge in [0.1, 0.15) is 0 Å². The van der Waals surface area contributed by atoms with Gasteiger partial charge in [0.05, 0.1) is 44.2 Å². The highest BCUT2D eigenvalue weighted by Crippen LogP contribution is 2.43.